The van der Waals surface area contributed by atoms with Crippen molar-refractivity contribution in [2.75, 3.05) is 6.54 Å². The highest BCUT2D eigenvalue weighted by Crippen LogP contribution is 2.23. The highest BCUT2D eigenvalue weighted by Gasteiger charge is 2.07. The molecular weight excluding hydrogens is 392 g/mol. The molecule has 0 unspecified atom stereocenters. The third kappa shape index (κ3) is 7.02. The fourth-order valence-corrected chi connectivity index (χ4v) is 2.83. The van der Waals surface area contributed by atoms with Crippen molar-refractivity contribution in [3.63, 3.8) is 0 Å². The van der Waals surface area contributed by atoms with Crippen molar-refractivity contribution in [2.45, 2.75) is 19.4 Å². The minimum atomic E-state index is -0.518. The zero-order valence-corrected chi connectivity index (χ0v) is 16.9. The van der Waals surface area contributed by atoms with Crippen molar-refractivity contribution in [2.24, 2.45) is 0 Å². The number of ether oxygens (including phenoxy) is 2. The molecule has 0 heterocycles. The summed E-state index contributed by atoms with van der Waals surface area (Å²) in [7, 11) is 0. The van der Waals surface area contributed by atoms with Gasteiger partial charge in [0, 0.05) is 13.0 Å². The predicted octanol–water partition coefficient (Wildman–Crippen LogP) is 4.84. The van der Waals surface area contributed by atoms with Crippen molar-refractivity contribution in [3.8, 4) is 22.9 Å². The van der Waals surface area contributed by atoms with Gasteiger partial charge in [-0.25, -0.2) is 4.79 Å². The first-order chi connectivity index (χ1) is 15.1. The van der Waals surface area contributed by atoms with Gasteiger partial charge in [0.15, 0.2) is 0 Å². The molecule has 156 valence electrons. The minimum absolute atomic E-state index is 0.177. The molecule has 0 aliphatic heterocycles. The lowest BCUT2D eigenvalue weighted by Gasteiger charge is -2.08. The van der Waals surface area contributed by atoms with E-state index in [1.807, 2.05) is 54.6 Å². The van der Waals surface area contributed by atoms with Gasteiger partial charge in [-0.15, -0.1) is 0 Å². The first-order valence-corrected chi connectivity index (χ1v) is 9.90. The second-order valence-corrected chi connectivity index (χ2v) is 6.78. The monoisotopic (exact) mass is 414 g/mol. The summed E-state index contributed by atoms with van der Waals surface area (Å²) in [6, 6.07) is 25.9. The van der Waals surface area contributed by atoms with Crippen LogP contribution in [-0.2, 0) is 16.1 Å². The highest BCUT2D eigenvalue weighted by atomic mass is 16.5. The third-order valence-corrected chi connectivity index (χ3v) is 4.47. The number of hydrogen-bond donors (Lipinski definition) is 1. The molecule has 3 rings (SSSR count). The molecule has 1 amide bonds. The van der Waals surface area contributed by atoms with Gasteiger partial charge < -0.3 is 14.8 Å². The standard InChI is InChI=1S/C25H22N2O4/c26-17-19-8-10-21(11-9-19)22-12-14-23(15-13-22)31-24(28)7-4-16-27-25(29)30-18-20-5-2-1-3-6-20/h1-3,5-6,8-15H,4,7,16,18H2,(H,27,29). The number of carbonyl (C=O) groups excluding carboxylic acids is 2. The first kappa shape index (κ1) is 21.6. The van der Waals surface area contributed by atoms with Crippen LogP contribution in [-0.4, -0.2) is 18.6 Å². The minimum Gasteiger partial charge on any atom is -0.445 e. The van der Waals surface area contributed by atoms with Crippen LogP contribution in [0.5, 0.6) is 5.75 Å². The molecule has 6 nitrogen and oxygen atoms in total. The van der Waals surface area contributed by atoms with Crippen molar-refractivity contribution < 1.29 is 19.1 Å². The summed E-state index contributed by atoms with van der Waals surface area (Å²) in [5.41, 5.74) is 3.45. The van der Waals surface area contributed by atoms with Gasteiger partial charge in [-0.3, -0.25) is 4.79 Å². The molecule has 1 N–H and O–H groups in total. The summed E-state index contributed by atoms with van der Waals surface area (Å²) in [5.74, 6) is 0.0863. The lowest BCUT2D eigenvalue weighted by Crippen LogP contribution is -2.26. The van der Waals surface area contributed by atoms with Gasteiger partial charge in [0.05, 0.1) is 11.6 Å². The van der Waals surface area contributed by atoms with Gasteiger partial charge in [0.2, 0.25) is 0 Å². The highest BCUT2D eigenvalue weighted by molar-refractivity contribution is 5.73. The molecule has 3 aromatic carbocycles. The molecule has 0 atom stereocenters. The third-order valence-electron chi connectivity index (χ3n) is 4.47. The smallest absolute Gasteiger partial charge is 0.407 e. The summed E-state index contributed by atoms with van der Waals surface area (Å²) in [6.07, 6.45) is 0.106. The second kappa shape index (κ2) is 11.2. The van der Waals surface area contributed by atoms with Crippen LogP contribution >= 0.6 is 0 Å². The molecule has 0 spiro atoms. The number of hydrogen-bond acceptors (Lipinski definition) is 5. The van der Waals surface area contributed by atoms with E-state index in [-0.39, 0.29) is 19.0 Å². The summed E-state index contributed by atoms with van der Waals surface area (Å²) in [5, 5.41) is 11.5. The Kier molecular flexibility index (Phi) is 7.78. The van der Waals surface area contributed by atoms with Crippen LogP contribution in [0.3, 0.4) is 0 Å². The van der Waals surface area contributed by atoms with Gasteiger partial charge in [-0.2, -0.15) is 5.26 Å². The predicted molar refractivity (Wildman–Crippen MR) is 116 cm³/mol. The van der Waals surface area contributed by atoms with E-state index in [1.54, 1.807) is 24.3 Å². The fraction of sp³-hybridized carbons (Fsp3) is 0.160. The molecule has 0 bridgehead atoms. The Morgan fingerprint density at radius 3 is 2.16 bits per heavy atom. The van der Waals surface area contributed by atoms with E-state index in [2.05, 4.69) is 11.4 Å². The van der Waals surface area contributed by atoms with Crippen molar-refractivity contribution >= 4 is 12.1 Å². The number of carbonyl (C=O) groups is 2. The molecule has 0 saturated carbocycles. The van der Waals surface area contributed by atoms with Crippen molar-refractivity contribution in [1.29, 1.82) is 5.26 Å². The Morgan fingerprint density at radius 1 is 0.871 bits per heavy atom. The van der Waals surface area contributed by atoms with Gasteiger partial charge in [-0.1, -0.05) is 54.6 Å². The summed E-state index contributed by atoms with van der Waals surface area (Å²) < 4.78 is 10.4. The molecule has 0 aliphatic carbocycles. The molecule has 0 radical (unpaired) electrons. The molecule has 31 heavy (non-hydrogen) atoms. The van der Waals surface area contributed by atoms with Crippen LogP contribution in [0.25, 0.3) is 11.1 Å². The molecule has 0 aliphatic rings. The maximum Gasteiger partial charge on any atom is 0.407 e. The largest absolute Gasteiger partial charge is 0.445 e. The average Bonchev–Trinajstić information content (AvgIpc) is 2.82. The maximum absolute atomic E-state index is 12.0. The van der Waals surface area contributed by atoms with Crippen LogP contribution in [0, 0.1) is 11.3 Å². The average molecular weight is 414 g/mol. The van der Waals surface area contributed by atoms with E-state index in [0.29, 0.717) is 24.3 Å². The number of rotatable bonds is 8. The SMILES string of the molecule is N#Cc1ccc(-c2ccc(OC(=O)CCCNC(=O)OCc3ccccc3)cc2)cc1. The Labute approximate surface area is 181 Å². The number of alkyl carbamates (subject to hydrolysis) is 1. The second-order valence-electron chi connectivity index (χ2n) is 6.78. The van der Waals surface area contributed by atoms with Gasteiger partial charge >= 0.3 is 12.1 Å². The number of esters is 1. The van der Waals surface area contributed by atoms with E-state index in [0.717, 1.165) is 16.7 Å². The van der Waals surface area contributed by atoms with Crippen LogP contribution in [0.2, 0.25) is 0 Å². The molecule has 3 aromatic rings. The molecule has 0 saturated heterocycles. The Morgan fingerprint density at radius 2 is 1.52 bits per heavy atom. The summed E-state index contributed by atoms with van der Waals surface area (Å²) in [6.45, 7) is 0.521. The molecule has 0 aromatic heterocycles. The Bertz CT molecular complexity index is 1040. The van der Waals surface area contributed by atoms with Crippen molar-refractivity contribution in [3.05, 3.63) is 90.0 Å². The lowest BCUT2D eigenvalue weighted by molar-refractivity contribution is -0.134. The lowest BCUT2D eigenvalue weighted by atomic mass is 10.0. The number of amides is 1. The maximum atomic E-state index is 12.0. The number of benzene rings is 3. The molecular formula is C25H22N2O4. The first-order valence-electron chi connectivity index (χ1n) is 9.90. The number of nitrogens with zero attached hydrogens (tertiary/aromatic N) is 1. The van der Waals surface area contributed by atoms with E-state index in [1.165, 1.54) is 0 Å². The summed E-state index contributed by atoms with van der Waals surface area (Å²) >= 11 is 0. The Hall–Kier alpha value is -4.11. The van der Waals surface area contributed by atoms with Gasteiger partial charge in [0.25, 0.3) is 0 Å². The van der Waals surface area contributed by atoms with E-state index < -0.39 is 6.09 Å². The zero-order valence-electron chi connectivity index (χ0n) is 16.9. The normalized spacial score (nSPS) is 10.0. The molecule has 6 heteroatoms. The van der Waals surface area contributed by atoms with Crippen LogP contribution in [0.4, 0.5) is 4.79 Å². The molecule has 0 fully saturated rings. The number of nitrogens with one attached hydrogen (secondary N) is 1. The van der Waals surface area contributed by atoms with E-state index >= 15 is 0 Å². The number of nitriles is 1. The van der Waals surface area contributed by atoms with Crippen LogP contribution < -0.4 is 10.1 Å². The van der Waals surface area contributed by atoms with Crippen molar-refractivity contribution in [1.82, 2.24) is 5.32 Å². The van der Waals surface area contributed by atoms with Crippen LogP contribution in [0.15, 0.2) is 78.9 Å². The topological polar surface area (TPSA) is 88.4 Å². The van der Waals surface area contributed by atoms with Crippen LogP contribution in [0.1, 0.15) is 24.0 Å². The van der Waals surface area contributed by atoms with Gasteiger partial charge in [-0.05, 0) is 47.4 Å². The fourth-order valence-electron chi connectivity index (χ4n) is 2.83. The van der Waals surface area contributed by atoms with E-state index in [4.69, 9.17) is 14.7 Å². The van der Waals surface area contributed by atoms with Gasteiger partial charge in [0.1, 0.15) is 12.4 Å². The van der Waals surface area contributed by atoms with E-state index in [9.17, 15) is 9.59 Å². The zero-order chi connectivity index (χ0) is 21.9. The quantitative estimate of drug-likeness (QED) is 0.324. The summed E-state index contributed by atoms with van der Waals surface area (Å²) in [4.78, 5) is 23.7. The Balaban J connectivity index is 1.35.